The van der Waals surface area contributed by atoms with Gasteiger partial charge in [0.1, 0.15) is 6.04 Å². The highest BCUT2D eigenvalue weighted by atomic mass is 16.4. The molecule has 1 aliphatic rings. The molecule has 0 aromatic heterocycles. The van der Waals surface area contributed by atoms with Crippen molar-refractivity contribution in [2.24, 2.45) is 0 Å². The van der Waals surface area contributed by atoms with Crippen LogP contribution in [0.5, 0.6) is 0 Å². The van der Waals surface area contributed by atoms with Crippen LogP contribution >= 0.6 is 0 Å². The van der Waals surface area contributed by atoms with E-state index in [1.807, 2.05) is 0 Å². The average molecular weight is 196 g/mol. The number of amides is 3. The van der Waals surface area contributed by atoms with Gasteiger partial charge in [-0.2, -0.15) is 0 Å². The quantitative estimate of drug-likeness (QED) is 0.448. The first kappa shape index (κ1) is 10.1. The van der Waals surface area contributed by atoms with Crippen molar-refractivity contribution >= 4 is 17.9 Å². The van der Waals surface area contributed by atoms with Crippen molar-refractivity contribution in [1.82, 2.24) is 10.2 Å². The van der Waals surface area contributed by atoms with E-state index in [1.54, 1.807) is 0 Å². The van der Waals surface area contributed by atoms with Crippen molar-refractivity contribution in [3.63, 3.8) is 0 Å². The number of rotatable bonds is 3. The summed E-state index contributed by atoms with van der Waals surface area (Å²) in [6.45, 7) is -0.173. The van der Waals surface area contributed by atoms with Gasteiger partial charge in [0.15, 0.2) is 0 Å². The van der Waals surface area contributed by atoms with Crippen molar-refractivity contribution in [1.29, 1.82) is 0 Å². The minimum Gasteiger partial charge on any atom is -0.480 e. The van der Waals surface area contributed by atoms with Gasteiger partial charge in [-0.1, -0.05) is 0 Å². The van der Waals surface area contributed by atoms with Gasteiger partial charge in [0, 0.05) is 6.42 Å². The molecule has 3 amide bonds. The Labute approximate surface area is 79.9 Å². The van der Waals surface area contributed by atoms with Gasteiger partial charge in [-0.15, -0.1) is 12.3 Å². The number of aliphatic carboxylic acids is 1. The van der Waals surface area contributed by atoms with Crippen LogP contribution in [0, 0.1) is 12.3 Å². The SMILES string of the molecule is C#CCC(C(=O)O)N1C(=O)CNC1=O. The van der Waals surface area contributed by atoms with Crippen molar-refractivity contribution < 1.29 is 19.5 Å². The molecule has 1 rings (SSSR count). The lowest BCUT2D eigenvalue weighted by atomic mass is 10.2. The number of carbonyl (C=O) groups excluding carboxylic acids is 2. The van der Waals surface area contributed by atoms with E-state index in [0.717, 1.165) is 0 Å². The first-order valence-corrected chi connectivity index (χ1v) is 3.84. The van der Waals surface area contributed by atoms with Crippen LogP contribution in [0.1, 0.15) is 6.42 Å². The standard InChI is InChI=1S/C8H8N2O4/c1-2-3-5(7(12)13)10-6(11)4-9-8(10)14/h1,5H,3-4H2,(H,9,14)(H,12,13). The second-order valence-corrected chi connectivity index (χ2v) is 2.68. The van der Waals surface area contributed by atoms with E-state index in [2.05, 4.69) is 11.2 Å². The van der Waals surface area contributed by atoms with Gasteiger partial charge in [-0.05, 0) is 0 Å². The van der Waals surface area contributed by atoms with Crippen LogP contribution in [0.25, 0.3) is 0 Å². The molecule has 0 aliphatic carbocycles. The van der Waals surface area contributed by atoms with Crippen LogP contribution in [0.3, 0.4) is 0 Å². The number of nitrogens with one attached hydrogen (secondary N) is 1. The number of nitrogens with zero attached hydrogens (tertiary/aromatic N) is 1. The monoisotopic (exact) mass is 196 g/mol. The summed E-state index contributed by atoms with van der Waals surface area (Å²) in [4.78, 5) is 33.5. The Morgan fingerprint density at radius 1 is 1.71 bits per heavy atom. The summed E-state index contributed by atoms with van der Waals surface area (Å²) < 4.78 is 0. The molecule has 0 saturated carbocycles. The molecule has 1 saturated heterocycles. The van der Waals surface area contributed by atoms with Gasteiger partial charge in [-0.3, -0.25) is 4.79 Å². The van der Waals surface area contributed by atoms with E-state index in [9.17, 15) is 14.4 Å². The number of carboxylic acids is 1. The molecule has 0 radical (unpaired) electrons. The minimum atomic E-state index is -1.28. The molecule has 0 spiro atoms. The molecule has 1 unspecified atom stereocenters. The minimum absolute atomic E-state index is 0.173. The predicted octanol–water partition coefficient (Wildman–Crippen LogP) is -0.985. The molecule has 1 fully saturated rings. The van der Waals surface area contributed by atoms with Crippen molar-refractivity contribution in [3.8, 4) is 12.3 Å². The maximum Gasteiger partial charge on any atom is 0.327 e. The number of carboxylic acid groups (broad SMARTS) is 1. The second-order valence-electron chi connectivity index (χ2n) is 2.68. The van der Waals surface area contributed by atoms with E-state index in [4.69, 9.17) is 11.5 Å². The molecule has 1 atom stereocenters. The van der Waals surface area contributed by atoms with Gasteiger partial charge in [0.25, 0.3) is 5.91 Å². The lowest BCUT2D eigenvalue weighted by Crippen LogP contribution is -2.45. The molecule has 1 aliphatic heterocycles. The van der Waals surface area contributed by atoms with Crippen LogP contribution in [-0.4, -0.2) is 40.5 Å². The Hall–Kier alpha value is -2.03. The summed E-state index contributed by atoms with van der Waals surface area (Å²) in [5, 5.41) is 10.9. The molecule has 0 bridgehead atoms. The van der Waals surface area contributed by atoms with Gasteiger partial charge in [0.05, 0.1) is 6.54 Å². The second kappa shape index (κ2) is 3.79. The van der Waals surface area contributed by atoms with Gasteiger partial charge in [0.2, 0.25) is 0 Å². The largest absolute Gasteiger partial charge is 0.480 e. The molecule has 6 heteroatoms. The highest BCUT2D eigenvalue weighted by molar-refractivity contribution is 6.04. The van der Waals surface area contributed by atoms with E-state index in [-0.39, 0.29) is 13.0 Å². The lowest BCUT2D eigenvalue weighted by molar-refractivity contribution is -0.146. The fourth-order valence-electron chi connectivity index (χ4n) is 1.15. The molecule has 2 N–H and O–H groups in total. The molecule has 14 heavy (non-hydrogen) atoms. The Bertz CT molecular complexity index is 315. The maximum absolute atomic E-state index is 11.1. The van der Waals surface area contributed by atoms with Crippen molar-refractivity contribution in [2.45, 2.75) is 12.5 Å². The normalized spacial score (nSPS) is 17.5. The highest BCUT2D eigenvalue weighted by Crippen LogP contribution is 2.09. The molecular formula is C8H8N2O4. The number of imide groups is 1. The summed E-state index contributed by atoms with van der Waals surface area (Å²) in [6.07, 6.45) is 4.76. The fourth-order valence-corrected chi connectivity index (χ4v) is 1.15. The summed E-state index contributed by atoms with van der Waals surface area (Å²) >= 11 is 0. The van der Waals surface area contributed by atoms with Gasteiger partial charge >= 0.3 is 12.0 Å². The molecule has 0 aromatic rings. The molecule has 0 aromatic carbocycles. The zero-order chi connectivity index (χ0) is 10.7. The average Bonchev–Trinajstić information content (AvgIpc) is 2.43. The first-order chi connectivity index (χ1) is 6.57. The van der Waals surface area contributed by atoms with E-state index in [1.165, 1.54) is 0 Å². The zero-order valence-corrected chi connectivity index (χ0v) is 7.19. The number of hydrogen-bond acceptors (Lipinski definition) is 3. The van der Waals surface area contributed by atoms with Gasteiger partial charge < -0.3 is 10.4 Å². The first-order valence-electron chi connectivity index (χ1n) is 3.84. The topological polar surface area (TPSA) is 86.7 Å². The van der Waals surface area contributed by atoms with Crippen molar-refractivity contribution in [2.75, 3.05) is 6.54 Å². The number of hydrogen-bond donors (Lipinski definition) is 2. The summed E-state index contributed by atoms with van der Waals surface area (Å²) in [7, 11) is 0. The van der Waals surface area contributed by atoms with E-state index < -0.39 is 23.9 Å². The lowest BCUT2D eigenvalue weighted by Gasteiger charge is -2.18. The third-order valence-electron chi connectivity index (χ3n) is 1.79. The Morgan fingerprint density at radius 2 is 2.36 bits per heavy atom. The Morgan fingerprint density at radius 3 is 2.71 bits per heavy atom. The van der Waals surface area contributed by atoms with Crippen LogP contribution in [0.15, 0.2) is 0 Å². The van der Waals surface area contributed by atoms with E-state index in [0.29, 0.717) is 4.90 Å². The predicted molar refractivity (Wildman–Crippen MR) is 45.1 cm³/mol. The highest BCUT2D eigenvalue weighted by Gasteiger charge is 2.38. The summed E-state index contributed by atoms with van der Waals surface area (Å²) in [5.41, 5.74) is 0. The smallest absolute Gasteiger partial charge is 0.327 e. The zero-order valence-electron chi connectivity index (χ0n) is 7.19. The van der Waals surface area contributed by atoms with Gasteiger partial charge in [-0.25, -0.2) is 14.5 Å². The van der Waals surface area contributed by atoms with Crippen LogP contribution in [0.4, 0.5) is 4.79 Å². The van der Waals surface area contributed by atoms with Crippen molar-refractivity contribution in [3.05, 3.63) is 0 Å². The maximum atomic E-state index is 11.1. The molecule has 6 nitrogen and oxygen atoms in total. The number of terminal acetylenes is 1. The summed E-state index contributed by atoms with van der Waals surface area (Å²) in [6, 6.07) is -1.98. The van der Waals surface area contributed by atoms with Crippen LogP contribution in [0.2, 0.25) is 0 Å². The van der Waals surface area contributed by atoms with Crippen LogP contribution < -0.4 is 5.32 Å². The van der Waals surface area contributed by atoms with E-state index >= 15 is 0 Å². The molecule has 74 valence electrons. The van der Waals surface area contributed by atoms with Crippen LogP contribution in [-0.2, 0) is 9.59 Å². The molecular weight excluding hydrogens is 188 g/mol. The number of carbonyl (C=O) groups is 3. The third kappa shape index (κ3) is 1.66. The number of urea groups is 1. The molecule has 1 heterocycles. The Balaban J connectivity index is 2.87. The third-order valence-corrected chi connectivity index (χ3v) is 1.79. The fraction of sp³-hybridized carbons (Fsp3) is 0.375. The summed E-state index contributed by atoms with van der Waals surface area (Å²) in [5.74, 6) is 0.257. The Kier molecular flexibility index (Phi) is 2.72.